The van der Waals surface area contributed by atoms with E-state index in [1.807, 2.05) is 4.90 Å². The number of benzene rings is 2. The molecule has 0 spiro atoms. The van der Waals surface area contributed by atoms with E-state index >= 15 is 0 Å². The zero-order valence-corrected chi connectivity index (χ0v) is 13.7. The summed E-state index contributed by atoms with van der Waals surface area (Å²) in [5.74, 6) is -2.34. The van der Waals surface area contributed by atoms with Crippen LogP contribution in [0.3, 0.4) is 0 Å². The first kappa shape index (κ1) is 17.2. The maximum absolute atomic E-state index is 14.4. The van der Waals surface area contributed by atoms with Gasteiger partial charge >= 0.3 is 0 Å². The second-order valence-corrected chi connectivity index (χ2v) is 5.73. The van der Waals surface area contributed by atoms with E-state index in [1.165, 1.54) is 19.1 Å². The van der Waals surface area contributed by atoms with Gasteiger partial charge in [-0.25, -0.2) is 8.78 Å². The summed E-state index contributed by atoms with van der Waals surface area (Å²) in [6.45, 7) is 3.31. The van der Waals surface area contributed by atoms with Crippen LogP contribution in [0.5, 0.6) is 5.75 Å². The van der Waals surface area contributed by atoms with Gasteiger partial charge in [-0.1, -0.05) is 6.07 Å². The van der Waals surface area contributed by atoms with E-state index in [2.05, 4.69) is 5.32 Å². The molecular formula is C18H18F2N2O3. The first-order valence-electron chi connectivity index (χ1n) is 7.89. The normalized spacial score (nSPS) is 14.4. The Bertz CT molecular complexity index is 785. The van der Waals surface area contributed by atoms with Crippen molar-refractivity contribution in [1.29, 1.82) is 0 Å². The van der Waals surface area contributed by atoms with Crippen molar-refractivity contribution in [2.24, 2.45) is 0 Å². The average Bonchev–Trinajstić information content (AvgIpc) is 2.58. The van der Waals surface area contributed by atoms with Gasteiger partial charge < -0.3 is 20.1 Å². The smallest absolute Gasteiger partial charge is 0.221 e. The van der Waals surface area contributed by atoms with Gasteiger partial charge in [-0.3, -0.25) is 4.79 Å². The molecule has 0 atom stereocenters. The number of aromatic hydroxyl groups is 1. The molecule has 25 heavy (non-hydrogen) atoms. The standard InChI is InChI=1S/C18H18F2N2O3/c1-11(23)21-14-5-6-15(22-7-9-25-10-8-22)17(18(14)24)16-12(19)3-2-4-13(16)20/h2-6,24H,7-10H2,1H3,(H,21,23). The van der Waals surface area contributed by atoms with Crippen LogP contribution in [-0.4, -0.2) is 37.3 Å². The van der Waals surface area contributed by atoms with Crippen molar-refractivity contribution < 1.29 is 23.4 Å². The Morgan fingerprint density at radius 2 is 1.76 bits per heavy atom. The summed E-state index contributed by atoms with van der Waals surface area (Å²) in [6.07, 6.45) is 0. The third-order valence-corrected chi connectivity index (χ3v) is 4.03. The molecule has 0 bridgehead atoms. The van der Waals surface area contributed by atoms with Gasteiger partial charge in [0.05, 0.1) is 30.0 Å². The molecule has 1 saturated heterocycles. The monoisotopic (exact) mass is 348 g/mol. The predicted molar refractivity (Wildman–Crippen MR) is 90.8 cm³/mol. The summed E-state index contributed by atoms with van der Waals surface area (Å²) in [5.41, 5.74) is 0.276. The van der Waals surface area contributed by atoms with E-state index < -0.39 is 17.5 Å². The van der Waals surface area contributed by atoms with Crippen molar-refractivity contribution in [3.63, 3.8) is 0 Å². The fourth-order valence-electron chi connectivity index (χ4n) is 2.92. The van der Waals surface area contributed by atoms with Crippen LogP contribution in [0.4, 0.5) is 20.2 Å². The van der Waals surface area contributed by atoms with E-state index in [9.17, 15) is 18.7 Å². The molecule has 0 aliphatic carbocycles. The minimum absolute atomic E-state index is 0.0174. The first-order valence-corrected chi connectivity index (χ1v) is 7.89. The van der Waals surface area contributed by atoms with Gasteiger partial charge in [-0.15, -0.1) is 0 Å². The molecule has 0 saturated carbocycles. The van der Waals surface area contributed by atoms with Crippen LogP contribution in [0.25, 0.3) is 11.1 Å². The number of amides is 1. The van der Waals surface area contributed by atoms with Gasteiger partial charge in [0.1, 0.15) is 17.4 Å². The number of nitrogens with zero attached hydrogens (tertiary/aromatic N) is 1. The maximum atomic E-state index is 14.4. The molecule has 132 valence electrons. The molecule has 5 nitrogen and oxygen atoms in total. The topological polar surface area (TPSA) is 61.8 Å². The molecule has 1 fully saturated rings. The molecule has 1 aliphatic rings. The SMILES string of the molecule is CC(=O)Nc1ccc(N2CCOCC2)c(-c2c(F)cccc2F)c1O. The lowest BCUT2D eigenvalue weighted by Gasteiger charge is -2.31. The summed E-state index contributed by atoms with van der Waals surface area (Å²) >= 11 is 0. The average molecular weight is 348 g/mol. The van der Waals surface area contributed by atoms with Gasteiger partial charge in [-0.2, -0.15) is 0 Å². The van der Waals surface area contributed by atoms with Crippen LogP contribution in [0.2, 0.25) is 0 Å². The van der Waals surface area contributed by atoms with Crippen LogP contribution in [0, 0.1) is 11.6 Å². The van der Waals surface area contributed by atoms with Crippen molar-refractivity contribution in [3.05, 3.63) is 42.0 Å². The fraction of sp³-hybridized carbons (Fsp3) is 0.278. The zero-order valence-electron chi connectivity index (χ0n) is 13.7. The molecule has 0 radical (unpaired) electrons. The number of phenolic OH excluding ortho intramolecular Hbond substituents is 1. The number of anilines is 2. The molecule has 0 aromatic heterocycles. The number of hydrogen-bond acceptors (Lipinski definition) is 4. The summed E-state index contributed by atoms with van der Waals surface area (Å²) in [4.78, 5) is 13.2. The summed E-state index contributed by atoms with van der Waals surface area (Å²) < 4.78 is 34.1. The van der Waals surface area contributed by atoms with Crippen LogP contribution in [-0.2, 0) is 9.53 Å². The molecule has 0 unspecified atom stereocenters. The molecule has 7 heteroatoms. The van der Waals surface area contributed by atoms with Crippen LogP contribution >= 0.6 is 0 Å². The molecule has 3 rings (SSSR count). The van der Waals surface area contributed by atoms with Crippen molar-refractivity contribution in [1.82, 2.24) is 0 Å². The third kappa shape index (κ3) is 3.41. The van der Waals surface area contributed by atoms with Crippen molar-refractivity contribution in [3.8, 4) is 16.9 Å². The number of hydrogen-bond donors (Lipinski definition) is 2. The van der Waals surface area contributed by atoms with Crippen LogP contribution < -0.4 is 10.2 Å². The Labute approximate surface area is 143 Å². The molecule has 2 N–H and O–H groups in total. The first-order chi connectivity index (χ1) is 12.0. The number of carbonyl (C=O) groups excluding carboxylic acids is 1. The number of ether oxygens (including phenoxy) is 1. The third-order valence-electron chi connectivity index (χ3n) is 4.03. The second kappa shape index (κ2) is 7.06. The van der Waals surface area contributed by atoms with E-state index in [0.717, 1.165) is 12.1 Å². The van der Waals surface area contributed by atoms with E-state index in [0.29, 0.717) is 32.0 Å². The number of phenols is 1. The lowest BCUT2D eigenvalue weighted by atomic mass is 9.99. The van der Waals surface area contributed by atoms with Gasteiger partial charge in [-0.05, 0) is 24.3 Å². The van der Waals surface area contributed by atoms with Crippen LogP contribution in [0.15, 0.2) is 30.3 Å². The Kier molecular flexibility index (Phi) is 4.85. The Hall–Kier alpha value is -2.67. The number of morpholine rings is 1. The van der Waals surface area contributed by atoms with Crippen LogP contribution in [0.1, 0.15) is 6.92 Å². The van der Waals surface area contributed by atoms with Gasteiger partial charge in [0, 0.05) is 25.7 Å². The second-order valence-electron chi connectivity index (χ2n) is 5.73. The number of nitrogens with one attached hydrogen (secondary N) is 1. The highest BCUT2D eigenvalue weighted by molar-refractivity contribution is 5.96. The van der Waals surface area contributed by atoms with E-state index in [1.54, 1.807) is 6.07 Å². The van der Waals surface area contributed by atoms with Gasteiger partial charge in [0.2, 0.25) is 5.91 Å². The molecule has 2 aromatic rings. The highest BCUT2D eigenvalue weighted by atomic mass is 19.1. The molecular weight excluding hydrogens is 330 g/mol. The summed E-state index contributed by atoms with van der Waals surface area (Å²) in [6, 6.07) is 6.68. The van der Waals surface area contributed by atoms with Crippen molar-refractivity contribution >= 4 is 17.3 Å². The zero-order chi connectivity index (χ0) is 18.0. The Morgan fingerprint density at radius 1 is 1.12 bits per heavy atom. The summed E-state index contributed by atoms with van der Waals surface area (Å²) in [5, 5.41) is 13.1. The molecule has 2 aromatic carbocycles. The fourth-order valence-corrected chi connectivity index (χ4v) is 2.92. The summed E-state index contributed by atoms with van der Waals surface area (Å²) in [7, 11) is 0. The molecule has 1 amide bonds. The Morgan fingerprint density at radius 3 is 2.36 bits per heavy atom. The Balaban J connectivity index is 2.22. The van der Waals surface area contributed by atoms with Gasteiger partial charge in [0.15, 0.2) is 0 Å². The maximum Gasteiger partial charge on any atom is 0.221 e. The highest BCUT2D eigenvalue weighted by Gasteiger charge is 2.25. The quantitative estimate of drug-likeness (QED) is 0.837. The molecule has 1 heterocycles. The van der Waals surface area contributed by atoms with E-state index in [-0.39, 0.29) is 22.6 Å². The minimum atomic E-state index is -0.787. The van der Waals surface area contributed by atoms with Crippen molar-refractivity contribution in [2.75, 3.05) is 36.5 Å². The predicted octanol–water partition coefficient (Wildman–Crippen LogP) is 3.13. The number of halogens is 2. The lowest BCUT2D eigenvalue weighted by molar-refractivity contribution is -0.114. The van der Waals surface area contributed by atoms with Crippen molar-refractivity contribution in [2.45, 2.75) is 6.92 Å². The van der Waals surface area contributed by atoms with E-state index in [4.69, 9.17) is 4.74 Å². The highest BCUT2D eigenvalue weighted by Crippen LogP contribution is 2.45. The largest absolute Gasteiger partial charge is 0.505 e. The number of carbonyl (C=O) groups is 1. The van der Waals surface area contributed by atoms with Gasteiger partial charge in [0.25, 0.3) is 0 Å². The molecule has 1 aliphatic heterocycles. The minimum Gasteiger partial charge on any atom is -0.505 e. The lowest BCUT2D eigenvalue weighted by Crippen LogP contribution is -2.36. The number of rotatable bonds is 3.